The van der Waals surface area contributed by atoms with Gasteiger partial charge in [-0.25, -0.2) is 0 Å². The molecule has 0 fully saturated rings. The van der Waals surface area contributed by atoms with E-state index in [2.05, 4.69) is 28.8 Å². The molecule has 5 nitrogen and oxygen atoms in total. The van der Waals surface area contributed by atoms with Crippen LogP contribution in [0.15, 0.2) is 47.8 Å². The summed E-state index contributed by atoms with van der Waals surface area (Å²) in [5.74, 6) is -0.290. The molecule has 1 aromatic carbocycles. The predicted molar refractivity (Wildman–Crippen MR) is 95.7 cm³/mol. The fraction of sp³-hybridized carbons (Fsp3) is 0.333. The van der Waals surface area contributed by atoms with Gasteiger partial charge in [0.05, 0.1) is 11.4 Å². The number of rotatable bonds is 9. The van der Waals surface area contributed by atoms with E-state index in [1.54, 1.807) is 11.3 Å². The predicted octanol–water partition coefficient (Wildman–Crippen LogP) is 1.04. The highest BCUT2D eigenvalue weighted by atomic mass is 32.1. The van der Waals surface area contributed by atoms with E-state index in [1.165, 1.54) is 4.88 Å². The first kappa shape index (κ1) is 18.2. The zero-order valence-electron chi connectivity index (χ0n) is 13.8. The molecule has 4 N–H and O–H groups in total. The quantitative estimate of drug-likeness (QED) is 0.635. The summed E-state index contributed by atoms with van der Waals surface area (Å²) in [6.07, 6.45) is 0.882. The number of thiophene rings is 1. The van der Waals surface area contributed by atoms with Crippen LogP contribution in [0.3, 0.4) is 0 Å². The summed E-state index contributed by atoms with van der Waals surface area (Å²) in [6.45, 7) is 2.93. The number of carbonyl (C=O) groups excluding carboxylic acids is 2. The lowest BCUT2D eigenvalue weighted by Crippen LogP contribution is -2.87. The van der Waals surface area contributed by atoms with Gasteiger partial charge in [-0.15, -0.1) is 11.3 Å². The van der Waals surface area contributed by atoms with Crippen molar-refractivity contribution in [3.05, 3.63) is 58.3 Å². The maximum absolute atomic E-state index is 12.0. The Kier molecular flexibility index (Phi) is 7.45. The average Bonchev–Trinajstić information content (AvgIpc) is 3.13. The van der Waals surface area contributed by atoms with Gasteiger partial charge in [0.2, 0.25) is 5.91 Å². The standard InChI is InChI=1S/C18H23N3O2S/c1-2-10-19-16(22)12-20-17(23)13-21-18(15-9-6-11-24-15)14-7-4-3-5-8-14/h3-9,11,18,21H,2,10,12-13H2,1H3,(H,19,22)(H,20,23)/p+1/t18-/m0/s1. The summed E-state index contributed by atoms with van der Waals surface area (Å²) in [5.41, 5.74) is 1.16. The van der Waals surface area contributed by atoms with Gasteiger partial charge < -0.3 is 16.0 Å². The summed E-state index contributed by atoms with van der Waals surface area (Å²) >= 11 is 1.68. The van der Waals surface area contributed by atoms with Gasteiger partial charge in [-0.05, 0) is 17.9 Å². The molecule has 2 amide bonds. The van der Waals surface area contributed by atoms with Crippen LogP contribution in [0.4, 0.5) is 0 Å². The van der Waals surface area contributed by atoms with Crippen molar-refractivity contribution in [1.82, 2.24) is 10.6 Å². The SMILES string of the molecule is CCCNC(=O)CNC(=O)C[NH2+][C@@H](c1ccccc1)c1cccs1. The maximum atomic E-state index is 12.0. The zero-order chi connectivity index (χ0) is 17.2. The van der Waals surface area contributed by atoms with E-state index in [4.69, 9.17) is 0 Å². The van der Waals surface area contributed by atoms with Crippen LogP contribution < -0.4 is 16.0 Å². The molecular weight excluding hydrogens is 322 g/mol. The van der Waals surface area contributed by atoms with Crippen molar-refractivity contribution in [3.8, 4) is 0 Å². The highest BCUT2D eigenvalue weighted by Crippen LogP contribution is 2.22. The molecule has 0 radical (unpaired) electrons. The summed E-state index contributed by atoms with van der Waals surface area (Å²) in [6, 6.07) is 14.3. The minimum Gasteiger partial charge on any atom is -0.355 e. The lowest BCUT2D eigenvalue weighted by atomic mass is 10.1. The van der Waals surface area contributed by atoms with Crippen LogP contribution in [0.25, 0.3) is 0 Å². The van der Waals surface area contributed by atoms with Gasteiger partial charge in [0.1, 0.15) is 6.04 Å². The molecule has 6 heteroatoms. The minimum absolute atomic E-state index is 0.0294. The third kappa shape index (κ3) is 5.79. The lowest BCUT2D eigenvalue weighted by molar-refractivity contribution is -0.676. The van der Waals surface area contributed by atoms with Crippen molar-refractivity contribution in [2.75, 3.05) is 19.6 Å². The van der Waals surface area contributed by atoms with Crippen LogP contribution in [0, 0.1) is 0 Å². The Labute approximate surface area is 146 Å². The summed E-state index contributed by atoms with van der Waals surface area (Å²) in [5, 5.41) is 9.44. The number of quaternary nitrogens is 1. The van der Waals surface area contributed by atoms with Gasteiger partial charge in [-0.3, -0.25) is 9.59 Å². The fourth-order valence-electron chi connectivity index (χ4n) is 2.35. The van der Waals surface area contributed by atoms with Crippen LogP contribution in [-0.4, -0.2) is 31.4 Å². The monoisotopic (exact) mass is 346 g/mol. The molecule has 0 spiro atoms. The topological polar surface area (TPSA) is 74.8 Å². The largest absolute Gasteiger partial charge is 0.355 e. The molecule has 0 saturated carbocycles. The molecule has 2 rings (SSSR count). The van der Waals surface area contributed by atoms with E-state index in [1.807, 2.05) is 41.9 Å². The van der Waals surface area contributed by atoms with Gasteiger partial charge in [0.25, 0.3) is 5.91 Å². The maximum Gasteiger partial charge on any atom is 0.275 e. The van der Waals surface area contributed by atoms with Gasteiger partial charge in [-0.2, -0.15) is 0 Å². The third-order valence-electron chi connectivity index (χ3n) is 3.57. The van der Waals surface area contributed by atoms with Crippen LogP contribution in [0.5, 0.6) is 0 Å². The van der Waals surface area contributed by atoms with Crippen LogP contribution in [0.2, 0.25) is 0 Å². The summed E-state index contributed by atoms with van der Waals surface area (Å²) < 4.78 is 0. The highest BCUT2D eigenvalue weighted by Gasteiger charge is 2.19. The van der Waals surface area contributed by atoms with Gasteiger partial charge >= 0.3 is 0 Å². The molecular formula is C18H24N3O2S+. The Hall–Kier alpha value is -2.18. The Morgan fingerprint density at radius 2 is 1.88 bits per heavy atom. The van der Waals surface area contributed by atoms with Crippen LogP contribution >= 0.6 is 11.3 Å². The smallest absolute Gasteiger partial charge is 0.275 e. The zero-order valence-corrected chi connectivity index (χ0v) is 14.6. The second kappa shape index (κ2) is 9.85. The first-order chi connectivity index (χ1) is 11.7. The van der Waals surface area contributed by atoms with Crippen molar-refractivity contribution in [2.45, 2.75) is 19.4 Å². The molecule has 1 heterocycles. The average molecular weight is 346 g/mol. The number of carbonyl (C=O) groups is 2. The summed E-state index contributed by atoms with van der Waals surface area (Å²) in [4.78, 5) is 24.7. The Morgan fingerprint density at radius 3 is 2.54 bits per heavy atom. The molecule has 0 saturated heterocycles. The molecule has 1 aromatic heterocycles. The number of hydrogen-bond donors (Lipinski definition) is 3. The molecule has 24 heavy (non-hydrogen) atoms. The molecule has 0 unspecified atom stereocenters. The fourth-order valence-corrected chi connectivity index (χ4v) is 3.20. The second-order valence-corrected chi connectivity index (χ2v) is 6.45. The Bertz CT molecular complexity index is 629. The van der Waals surface area contributed by atoms with Crippen molar-refractivity contribution >= 4 is 23.2 Å². The van der Waals surface area contributed by atoms with Gasteiger partial charge in [-0.1, -0.05) is 43.3 Å². The van der Waals surface area contributed by atoms with E-state index in [9.17, 15) is 9.59 Å². The van der Waals surface area contributed by atoms with E-state index >= 15 is 0 Å². The second-order valence-electron chi connectivity index (χ2n) is 5.47. The first-order valence-corrected chi connectivity index (χ1v) is 9.03. The number of nitrogens with two attached hydrogens (primary N) is 1. The third-order valence-corrected chi connectivity index (χ3v) is 4.52. The molecule has 128 valence electrons. The normalized spacial score (nSPS) is 11.7. The van der Waals surface area contributed by atoms with E-state index in [0.29, 0.717) is 6.54 Å². The number of hydrogen-bond acceptors (Lipinski definition) is 3. The lowest BCUT2D eigenvalue weighted by Gasteiger charge is -2.14. The minimum atomic E-state index is -0.150. The van der Waals surface area contributed by atoms with Crippen molar-refractivity contribution in [1.29, 1.82) is 0 Å². The van der Waals surface area contributed by atoms with Gasteiger partial charge in [0, 0.05) is 12.1 Å². The van der Waals surface area contributed by atoms with Gasteiger partial charge in [0.15, 0.2) is 6.54 Å². The highest BCUT2D eigenvalue weighted by molar-refractivity contribution is 7.10. The van der Waals surface area contributed by atoms with Crippen LogP contribution in [-0.2, 0) is 9.59 Å². The van der Waals surface area contributed by atoms with E-state index < -0.39 is 0 Å². The van der Waals surface area contributed by atoms with Crippen molar-refractivity contribution in [3.63, 3.8) is 0 Å². The molecule has 0 aliphatic heterocycles. The first-order valence-electron chi connectivity index (χ1n) is 8.15. The van der Waals surface area contributed by atoms with E-state index in [0.717, 1.165) is 12.0 Å². The number of benzene rings is 1. The molecule has 0 aliphatic carbocycles. The summed E-state index contributed by atoms with van der Waals surface area (Å²) in [7, 11) is 0. The van der Waals surface area contributed by atoms with Crippen LogP contribution in [0.1, 0.15) is 29.8 Å². The Morgan fingerprint density at radius 1 is 1.08 bits per heavy atom. The molecule has 2 aromatic rings. The van der Waals surface area contributed by atoms with Crippen molar-refractivity contribution in [2.24, 2.45) is 0 Å². The molecule has 0 bridgehead atoms. The van der Waals surface area contributed by atoms with E-state index in [-0.39, 0.29) is 30.9 Å². The molecule has 1 atom stereocenters. The Balaban J connectivity index is 1.87. The number of amides is 2. The van der Waals surface area contributed by atoms with Crippen molar-refractivity contribution < 1.29 is 14.9 Å². The molecule has 0 aliphatic rings. The number of nitrogens with one attached hydrogen (secondary N) is 2.